The van der Waals surface area contributed by atoms with Gasteiger partial charge in [0.2, 0.25) is 0 Å². The van der Waals surface area contributed by atoms with Crippen LogP contribution < -0.4 is 10.6 Å². The number of para-hydroxylation sites is 2. The number of amides is 2. The number of nitrogens with one attached hydrogen (secondary N) is 2. The number of imidazole rings is 1. The number of benzene rings is 1. The van der Waals surface area contributed by atoms with E-state index >= 15 is 0 Å². The van der Waals surface area contributed by atoms with Crippen LogP contribution in [-0.4, -0.2) is 28.2 Å². The van der Waals surface area contributed by atoms with Gasteiger partial charge in [-0.3, -0.25) is 0 Å². The number of hydrogen-bond acceptors (Lipinski definition) is 2. The molecule has 0 radical (unpaired) electrons. The molecule has 0 spiro atoms. The summed E-state index contributed by atoms with van der Waals surface area (Å²) in [5.41, 5.74) is 2.10. The van der Waals surface area contributed by atoms with Gasteiger partial charge in [-0.25, -0.2) is 9.78 Å². The van der Waals surface area contributed by atoms with Crippen molar-refractivity contribution in [3.63, 3.8) is 0 Å². The second-order valence-corrected chi connectivity index (χ2v) is 4.85. The van der Waals surface area contributed by atoms with E-state index in [1.165, 1.54) is 0 Å². The van der Waals surface area contributed by atoms with Crippen LogP contribution in [-0.2, 0) is 6.54 Å². The number of aromatic nitrogens is 2. The summed E-state index contributed by atoms with van der Waals surface area (Å²) < 4.78 is 2.12. The minimum absolute atomic E-state index is 0.128. The second-order valence-electron chi connectivity index (χ2n) is 4.85. The maximum Gasteiger partial charge on any atom is 0.315 e. The second kappa shape index (κ2) is 5.73. The third-order valence-electron chi connectivity index (χ3n) is 2.89. The van der Waals surface area contributed by atoms with Crippen molar-refractivity contribution in [2.75, 3.05) is 6.54 Å². The van der Waals surface area contributed by atoms with Crippen LogP contribution in [0.25, 0.3) is 11.0 Å². The molecule has 0 saturated heterocycles. The lowest BCUT2D eigenvalue weighted by atomic mass is 10.3. The molecule has 0 aliphatic heterocycles. The summed E-state index contributed by atoms with van der Waals surface area (Å²) in [5.74, 6) is 0.965. The summed E-state index contributed by atoms with van der Waals surface area (Å²) in [7, 11) is 0. The fraction of sp³-hybridized carbons (Fsp3) is 0.429. The molecule has 1 heterocycles. The van der Waals surface area contributed by atoms with Crippen molar-refractivity contribution in [2.45, 2.75) is 33.4 Å². The average Bonchev–Trinajstić information content (AvgIpc) is 2.65. The van der Waals surface area contributed by atoms with E-state index in [1.807, 2.05) is 45.0 Å². The van der Waals surface area contributed by atoms with Gasteiger partial charge < -0.3 is 15.2 Å². The Morgan fingerprint density at radius 2 is 2.11 bits per heavy atom. The van der Waals surface area contributed by atoms with E-state index < -0.39 is 0 Å². The lowest BCUT2D eigenvalue weighted by molar-refractivity contribution is 0.238. The van der Waals surface area contributed by atoms with Gasteiger partial charge in [0.05, 0.1) is 11.0 Å². The van der Waals surface area contributed by atoms with E-state index in [9.17, 15) is 4.79 Å². The summed E-state index contributed by atoms with van der Waals surface area (Å²) in [5, 5.41) is 5.65. The highest BCUT2D eigenvalue weighted by Gasteiger charge is 2.07. The molecule has 2 aromatic rings. The fourth-order valence-electron chi connectivity index (χ4n) is 2.07. The maximum atomic E-state index is 11.5. The number of carbonyl (C=O) groups excluding carboxylic acids is 1. The van der Waals surface area contributed by atoms with Crippen molar-refractivity contribution >= 4 is 17.1 Å². The third-order valence-corrected chi connectivity index (χ3v) is 2.89. The van der Waals surface area contributed by atoms with Gasteiger partial charge in [0, 0.05) is 19.1 Å². The number of carbonyl (C=O) groups is 1. The summed E-state index contributed by atoms with van der Waals surface area (Å²) >= 11 is 0. The SMILES string of the molecule is Cc1nc2ccccc2n1CCNC(=O)NC(C)C. The molecule has 0 aliphatic carbocycles. The van der Waals surface area contributed by atoms with Crippen molar-refractivity contribution in [1.29, 1.82) is 0 Å². The van der Waals surface area contributed by atoms with Crippen LogP contribution in [0.2, 0.25) is 0 Å². The molecule has 2 N–H and O–H groups in total. The maximum absolute atomic E-state index is 11.5. The van der Waals surface area contributed by atoms with Gasteiger partial charge in [-0.05, 0) is 32.9 Å². The fourth-order valence-corrected chi connectivity index (χ4v) is 2.07. The van der Waals surface area contributed by atoms with Crippen LogP contribution in [0.15, 0.2) is 24.3 Å². The number of fused-ring (bicyclic) bond motifs is 1. The van der Waals surface area contributed by atoms with Crippen LogP contribution in [0.3, 0.4) is 0 Å². The van der Waals surface area contributed by atoms with Gasteiger partial charge in [-0.2, -0.15) is 0 Å². The normalized spacial score (nSPS) is 10.9. The quantitative estimate of drug-likeness (QED) is 0.884. The summed E-state index contributed by atoms with van der Waals surface area (Å²) in [6, 6.07) is 8.04. The number of aryl methyl sites for hydroxylation is 1. The highest BCUT2D eigenvalue weighted by atomic mass is 16.2. The van der Waals surface area contributed by atoms with Crippen LogP contribution in [0, 0.1) is 6.92 Å². The smallest absolute Gasteiger partial charge is 0.315 e. The van der Waals surface area contributed by atoms with Gasteiger partial charge in [0.25, 0.3) is 0 Å². The molecular weight excluding hydrogens is 240 g/mol. The molecule has 19 heavy (non-hydrogen) atoms. The van der Waals surface area contributed by atoms with E-state index in [0.29, 0.717) is 6.54 Å². The largest absolute Gasteiger partial charge is 0.336 e. The van der Waals surface area contributed by atoms with Crippen molar-refractivity contribution < 1.29 is 4.79 Å². The van der Waals surface area contributed by atoms with Gasteiger partial charge in [-0.15, -0.1) is 0 Å². The molecule has 5 nitrogen and oxygen atoms in total. The molecule has 5 heteroatoms. The summed E-state index contributed by atoms with van der Waals surface area (Å²) in [6.45, 7) is 7.16. The Bertz CT molecular complexity index is 574. The van der Waals surface area contributed by atoms with E-state index in [4.69, 9.17) is 0 Å². The van der Waals surface area contributed by atoms with E-state index in [0.717, 1.165) is 23.4 Å². The van der Waals surface area contributed by atoms with E-state index in [2.05, 4.69) is 20.2 Å². The first kappa shape index (κ1) is 13.4. The molecule has 0 atom stereocenters. The van der Waals surface area contributed by atoms with E-state index in [-0.39, 0.29) is 12.1 Å². The third kappa shape index (κ3) is 3.24. The Morgan fingerprint density at radius 1 is 1.37 bits per heavy atom. The first-order valence-corrected chi connectivity index (χ1v) is 6.54. The molecule has 0 saturated carbocycles. The highest BCUT2D eigenvalue weighted by Crippen LogP contribution is 2.14. The highest BCUT2D eigenvalue weighted by molar-refractivity contribution is 5.76. The van der Waals surface area contributed by atoms with Gasteiger partial charge in [-0.1, -0.05) is 12.1 Å². The van der Waals surface area contributed by atoms with Crippen LogP contribution >= 0.6 is 0 Å². The molecule has 0 unspecified atom stereocenters. The van der Waals surface area contributed by atoms with Crippen molar-refractivity contribution in [3.8, 4) is 0 Å². The van der Waals surface area contributed by atoms with Crippen LogP contribution in [0.5, 0.6) is 0 Å². The molecule has 0 bridgehead atoms. The van der Waals surface area contributed by atoms with Crippen LogP contribution in [0.1, 0.15) is 19.7 Å². The number of hydrogen-bond donors (Lipinski definition) is 2. The minimum atomic E-state index is -0.128. The zero-order chi connectivity index (χ0) is 13.8. The lowest BCUT2D eigenvalue weighted by Crippen LogP contribution is -2.40. The number of nitrogens with zero attached hydrogens (tertiary/aromatic N) is 2. The van der Waals surface area contributed by atoms with Gasteiger partial charge in [0.15, 0.2) is 0 Å². The predicted molar refractivity (Wildman–Crippen MR) is 76.1 cm³/mol. The molecule has 102 valence electrons. The summed E-state index contributed by atoms with van der Waals surface area (Å²) in [4.78, 5) is 16.0. The Morgan fingerprint density at radius 3 is 2.84 bits per heavy atom. The topological polar surface area (TPSA) is 59.0 Å². The van der Waals surface area contributed by atoms with Crippen molar-refractivity contribution in [2.24, 2.45) is 0 Å². The Kier molecular flexibility index (Phi) is 4.04. The average molecular weight is 260 g/mol. The molecule has 2 amide bonds. The predicted octanol–water partition coefficient (Wildman–Crippen LogP) is 2.05. The number of rotatable bonds is 4. The van der Waals surface area contributed by atoms with Gasteiger partial charge in [0.1, 0.15) is 5.82 Å². The van der Waals surface area contributed by atoms with Crippen LogP contribution in [0.4, 0.5) is 4.79 Å². The molecular formula is C14H20N4O. The van der Waals surface area contributed by atoms with Crippen molar-refractivity contribution in [1.82, 2.24) is 20.2 Å². The molecule has 1 aromatic heterocycles. The molecule has 0 aliphatic rings. The lowest BCUT2D eigenvalue weighted by Gasteiger charge is -2.11. The molecule has 2 rings (SSSR count). The first-order valence-electron chi connectivity index (χ1n) is 6.54. The Balaban J connectivity index is 1.98. The van der Waals surface area contributed by atoms with E-state index in [1.54, 1.807) is 0 Å². The Labute approximate surface area is 113 Å². The zero-order valence-electron chi connectivity index (χ0n) is 11.6. The first-order chi connectivity index (χ1) is 9.08. The standard InChI is InChI=1S/C14H20N4O/c1-10(2)16-14(19)15-8-9-18-11(3)17-12-6-4-5-7-13(12)18/h4-7,10H,8-9H2,1-3H3,(H2,15,16,19). The zero-order valence-corrected chi connectivity index (χ0v) is 11.6. The summed E-state index contributed by atoms with van der Waals surface area (Å²) in [6.07, 6.45) is 0. The monoisotopic (exact) mass is 260 g/mol. The minimum Gasteiger partial charge on any atom is -0.336 e. The number of urea groups is 1. The molecule has 0 fully saturated rings. The molecule has 1 aromatic carbocycles. The van der Waals surface area contributed by atoms with Crippen molar-refractivity contribution in [3.05, 3.63) is 30.1 Å². The van der Waals surface area contributed by atoms with Gasteiger partial charge >= 0.3 is 6.03 Å². The Hall–Kier alpha value is -2.04.